The highest BCUT2D eigenvalue weighted by Crippen LogP contribution is 2.43. The van der Waals surface area contributed by atoms with Gasteiger partial charge in [-0.05, 0) is 37.6 Å². The molecule has 1 fully saturated rings. The van der Waals surface area contributed by atoms with Crippen LogP contribution in [0.3, 0.4) is 0 Å². The number of fused-ring (bicyclic) bond motifs is 1. The lowest BCUT2D eigenvalue weighted by Crippen LogP contribution is -2.25. The molecule has 2 heteroatoms. The quantitative estimate of drug-likeness (QED) is 0.687. The van der Waals surface area contributed by atoms with Crippen LogP contribution in [0.4, 0.5) is 0 Å². The van der Waals surface area contributed by atoms with Crippen molar-refractivity contribution >= 4 is 10.8 Å². The molecule has 1 aliphatic heterocycles. The predicted molar refractivity (Wildman–Crippen MR) is 69.4 cm³/mol. The van der Waals surface area contributed by atoms with Crippen molar-refractivity contribution < 1.29 is 4.84 Å². The van der Waals surface area contributed by atoms with Crippen LogP contribution in [0.25, 0.3) is 10.8 Å². The number of benzene rings is 2. The third kappa shape index (κ3) is 1.94. The summed E-state index contributed by atoms with van der Waals surface area (Å²) < 4.78 is 0. The molecular formula is C15H17NO. The first kappa shape index (κ1) is 10.8. The molecule has 0 radical (unpaired) electrons. The van der Waals surface area contributed by atoms with E-state index in [-0.39, 0.29) is 11.8 Å². The number of hydrogen-bond donors (Lipinski definition) is 0. The summed E-state index contributed by atoms with van der Waals surface area (Å²) in [6.45, 7) is 6.48. The molecule has 1 unspecified atom stereocenters. The zero-order valence-corrected chi connectivity index (χ0v) is 10.5. The number of hydroxylamine groups is 2. The first-order valence-corrected chi connectivity index (χ1v) is 6.00. The molecule has 17 heavy (non-hydrogen) atoms. The zero-order valence-electron chi connectivity index (χ0n) is 10.5. The molecule has 0 N–H and O–H groups in total. The Labute approximate surface area is 102 Å². The molecule has 2 atom stereocenters. The summed E-state index contributed by atoms with van der Waals surface area (Å²) in [5, 5.41) is 4.59. The van der Waals surface area contributed by atoms with Gasteiger partial charge >= 0.3 is 0 Å². The lowest BCUT2D eigenvalue weighted by Gasteiger charge is -2.16. The van der Waals surface area contributed by atoms with Gasteiger partial charge in [0.1, 0.15) is 0 Å². The fourth-order valence-corrected chi connectivity index (χ4v) is 2.15. The zero-order chi connectivity index (χ0) is 12.0. The second-order valence-corrected chi connectivity index (χ2v) is 5.56. The smallest absolute Gasteiger partial charge is 0.180 e. The third-order valence-corrected chi connectivity index (χ3v) is 3.10. The fourth-order valence-electron chi connectivity index (χ4n) is 2.15. The molecule has 0 amide bonds. The van der Waals surface area contributed by atoms with Gasteiger partial charge in [-0.3, -0.25) is 4.84 Å². The first-order chi connectivity index (χ1) is 8.05. The van der Waals surface area contributed by atoms with Gasteiger partial charge < -0.3 is 0 Å². The van der Waals surface area contributed by atoms with E-state index in [1.165, 1.54) is 16.3 Å². The molecule has 0 spiro atoms. The average Bonchev–Trinajstić information content (AvgIpc) is 3.08. The van der Waals surface area contributed by atoms with Crippen molar-refractivity contribution in [2.24, 2.45) is 0 Å². The molecule has 1 heterocycles. The standard InChI is InChI=1S/C15H17NO/c1-15(2,3)16-14(17-16)13-9-8-11-6-4-5-7-12(11)10-13/h4-10,14H,1-3H3/t14-,16?/m1/s1. The van der Waals surface area contributed by atoms with Gasteiger partial charge in [-0.2, -0.15) is 0 Å². The number of hydrogen-bond acceptors (Lipinski definition) is 2. The van der Waals surface area contributed by atoms with Crippen LogP contribution in [0, 0.1) is 0 Å². The topological polar surface area (TPSA) is 15.5 Å². The molecule has 2 aromatic carbocycles. The monoisotopic (exact) mass is 227 g/mol. The molecule has 0 aromatic heterocycles. The van der Waals surface area contributed by atoms with E-state index in [0.29, 0.717) is 0 Å². The molecule has 1 aliphatic rings. The Balaban J connectivity index is 1.93. The van der Waals surface area contributed by atoms with E-state index < -0.39 is 0 Å². The van der Waals surface area contributed by atoms with Gasteiger partial charge in [0.25, 0.3) is 0 Å². The molecule has 1 saturated heterocycles. The van der Waals surface area contributed by atoms with Crippen molar-refractivity contribution in [3.8, 4) is 0 Å². The molecule has 2 aromatic rings. The minimum Gasteiger partial charge on any atom is -0.269 e. The lowest BCUT2D eigenvalue weighted by atomic mass is 10.1. The maximum Gasteiger partial charge on any atom is 0.180 e. The van der Waals surface area contributed by atoms with Gasteiger partial charge in [-0.15, -0.1) is 5.06 Å². The lowest BCUT2D eigenvalue weighted by molar-refractivity contribution is 0.101. The molecule has 0 aliphatic carbocycles. The van der Waals surface area contributed by atoms with E-state index in [0.717, 1.165) is 0 Å². The maximum absolute atomic E-state index is 5.65. The van der Waals surface area contributed by atoms with Crippen molar-refractivity contribution in [2.45, 2.75) is 32.5 Å². The van der Waals surface area contributed by atoms with E-state index in [4.69, 9.17) is 4.84 Å². The second-order valence-electron chi connectivity index (χ2n) is 5.56. The van der Waals surface area contributed by atoms with Gasteiger partial charge in [0.15, 0.2) is 6.23 Å². The molecule has 3 rings (SSSR count). The van der Waals surface area contributed by atoms with Crippen LogP contribution in [0.1, 0.15) is 32.6 Å². The van der Waals surface area contributed by atoms with Gasteiger partial charge in [0.05, 0.1) is 0 Å². The van der Waals surface area contributed by atoms with Gasteiger partial charge in [0.2, 0.25) is 0 Å². The van der Waals surface area contributed by atoms with Crippen LogP contribution in [0.2, 0.25) is 0 Å². The van der Waals surface area contributed by atoms with E-state index in [1.54, 1.807) is 0 Å². The number of rotatable bonds is 1. The van der Waals surface area contributed by atoms with E-state index in [1.807, 2.05) is 5.06 Å². The summed E-state index contributed by atoms with van der Waals surface area (Å²) in [5.74, 6) is 0. The molecule has 0 saturated carbocycles. The van der Waals surface area contributed by atoms with E-state index in [9.17, 15) is 0 Å². The molecule has 88 valence electrons. The third-order valence-electron chi connectivity index (χ3n) is 3.10. The SMILES string of the molecule is CC(C)(C)N1O[C@@H]1c1ccc2ccccc2c1. The Kier molecular flexibility index (Phi) is 2.25. The van der Waals surface area contributed by atoms with Crippen LogP contribution in [0.15, 0.2) is 42.5 Å². The largest absolute Gasteiger partial charge is 0.269 e. The summed E-state index contributed by atoms with van der Waals surface area (Å²) >= 11 is 0. The predicted octanol–water partition coefficient (Wildman–Crippen LogP) is 3.88. The van der Waals surface area contributed by atoms with Crippen molar-refractivity contribution in [3.05, 3.63) is 48.0 Å². The van der Waals surface area contributed by atoms with Crippen molar-refractivity contribution in [1.29, 1.82) is 0 Å². The van der Waals surface area contributed by atoms with Crippen LogP contribution in [0.5, 0.6) is 0 Å². The Morgan fingerprint density at radius 1 is 1.00 bits per heavy atom. The van der Waals surface area contributed by atoms with Crippen LogP contribution >= 0.6 is 0 Å². The summed E-state index contributed by atoms with van der Waals surface area (Å²) in [7, 11) is 0. The summed E-state index contributed by atoms with van der Waals surface area (Å²) in [6, 6.07) is 14.9. The minimum atomic E-state index is 0.0658. The Morgan fingerprint density at radius 2 is 1.71 bits per heavy atom. The Bertz CT molecular complexity index is 556. The van der Waals surface area contributed by atoms with Gasteiger partial charge in [-0.25, -0.2) is 0 Å². The Morgan fingerprint density at radius 3 is 2.35 bits per heavy atom. The summed E-state index contributed by atoms with van der Waals surface area (Å²) in [6.07, 6.45) is 0.125. The molecule has 2 nitrogen and oxygen atoms in total. The summed E-state index contributed by atoms with van der Waals surface area (Å²) in [4.78, 5) is 5.65. The van der Waals surface area contributed by atoms with Gasteiger partial charge in [-0.1, -0.05) is 36.4 Å². The van der Waals surface area contributed by atoms with Crippen LogP contribution < -0.4 is 0 Å². The normalized spacial score (nSPS) is 23.9. The highest BCUT2D eigenvalue weighted by molar-refractivity contribution is 5.83. The van der Waals surface area contributed by atoms with E-state index >= 15 is 0 Å². The first-order valence-electron chi connectivity index (χ1n) is 6.00. The van der Waals surface area contributed by atoms with E-state index in [2.05, 4.69) is 63.2 Å². The van der Waals surface area contributed by atoms with Crippen molar-refractivity contribution in [3.63, 3.8) is 0 Å². The van der Waals surface area contributed by atoms with Crippen molar-refractivity contribution in [1.82, 2.24) is 5.06 Å². The fraction of sp³-hybridized carbons (Fsp3) is 0.333. The second kappa shape index (κ2) is 3.56. The highest BCUT2D eigenvalue weighted by Gasteiger charge is 2.45. The minimum absolute atomic E-state index is 0.0658. The van der Waals surface area contributed by atoms with Crippen LogP contribution in [-0.2, 0) is 4.84 Å². The molecular weight excluding hydrogens is 210 g/mol. The highest BCUT2D eigenvalue weighted by atomic mass is 16.8. The number of nitrogens with zero attached hydrogens (tertiary/aromatic N) is 1. The maximum atomic E-state index is 5.65. The van der Waals surface area contributed by atoms with Crippen LogP contribution in [-0.4, -0.2) is 10.6 Å². The summed E-state index contributed by atoms with van der Waals surface area (Å²) in [5.41, 5.74) is 1.30. The average molecular weight is 227 g/mol. The Hall–Kier alpha value is -1.38. The molecule has 0 bridgehead atoms. The van der Waals surface area contributed by atoms with Crippen molar-refractivity contribution in [2.75, 3.05) is 0 Å². The van der Waals surface area contributed by atoms with Gasteiger partial charge in [0, 0.05) is 11.1 Å².